The van der Waals surface area contributed by atoms with Crippen LogP contribution in [-0.4, -0.2) is 78.6 Å². The number of nitrogens with one attached hydrogen (secondary N) is 2. The molecular formula is C33H47ClN2O8. The van der Waals surface area contributed by atoms with Crippen molar-refractivity contribution in [1.82, 2.24) is 5.32 Å². The summed E-state index contributed by atoms with van der Waals surface area (Å²) in [4.78, 5) is 26.4. The number of fused-ring (bicyclic) bond motifs is 3. The van der Waals surface area contributed by atoms with Crippen LogP contribution in [0.4, 0.5) is 5.69 Å². The van der Waals surface area contributed by atoms with Crippen LogP contribution in [-0.2, 0) is 19.0 Å². The molecule has 10 nitrogen and oxygen atoms in total. The second-order valence-corrected chi connectivity index (χ2v) is 14.3. The zero-order valence-corrected chi connectivity index (χ0v) is 27.2. The molecule has 4 aliphatic rings. The summed E-state index contributed by atoms with van der Waals surface area (Å²) in [6.07, 6.45) is 1.40. The van der Waals surface area contributed by atoms with Crippen molar-refractivity contribution in [2.45, 2.75) is 83.8 Å². The number of methoxy groups -OCH3 is 1. The second-order valence-electron chi connectivity index (χ2n) is 13.8. The lowest BCUT2D eigenvalue weighted by Gasteiger charge is -2.67. The third-order valence-electron chi connectivity index (χ3n) is 11.8. The van der Waals surface area contributed by atoms with Gasteiger partial charge in [0.05, 0.1) is 24.4 Å². The molecule has 1 aromatic carbocycles. The van der Waals surface area contributed by atoms with Crippen molar-refractivity contribution in [1.29, 1.82) is 0 Å². The Morgan fingerprint density at radius 1 is 1.16 bits per heavy atom. The van der Waals surface area contributed by atoms with Crippen molar-refractivity contribution >= 4 is 29.2 Å². The summed E-state index contributed by atoms with van der Waals surface area (Å²) >= 11 is 6.25. The quantitative estimate of drug-likeness (QED) is 0.260. The molecule has 5 rings (SSSR count). The van der Waals surface area contributed by atoms with Gasteiger partial charge in [-0.05, 0) is 85.8 Å². The van der Waals surface area contributed by atoms with Gasteiger partial charge in [0.15, 0.2) is 6.23 Å². The normalized spacial score (nSPS) is 40.2. The summed E-state index contributed by atoms with van der Waals surface area (Å²) in [6, 6.07) is 5.01. The molecule has 0 bridgehead atoms. The van der Waals surface area contributed by atoms with Gasteiger partial charge in [0.1, 0.15) is 5.60 Å². The standard InChI is InChI=1S/C33H47ClN2O8/c1-17-21(42-6)16-23-31(2)12-10-24(38)33(4,44-29(40)19-15-18(34)7-8-20(19)35-5)22(31)9-11-32(23,3)26(17)25-27(39)30(41)43-28(25)36-13-14-37/h7-8,15,17,21-24,26,28,35-39H,9-14,16H2,1-6H3/t17-,21+,22?,23?,24+,26-,28-,31+,32-,33+/m1/s1. The maximum atomic E-state index is 13.7. The van der Waals surface area contributed by atoms with E-state index >= 15 is 0 Å². The van der Waals surface area contributed by atoms with Crippen molar-refractivity contribution in [2.24, 2.45) is 34.5 Å². The Morgan fingerprint density at radius 2 is 1.86 bits per heavy atom. The SMILES string of the molecule is CNc1ccc(Cl)cc1C(=O)O[C@@]1(C)C2CC[C@]3(C)C(C[C@H](OC)[C@@H](C)[C@@H]3C3=C(O)C(=O)O[C@H]3NCCO)[C@@]2(C)CC[C@@H]1O. The predicted molar refractivity (Wildman–Crippen MR) is 165 cm³/mol. The number of benzene rings is 1. The Kier molecular flexibility index (Phi) is 9.07. The molecule has 44 heavy (non-hydrogen) atoms. The fraction of sp³-hybridized carbons (Fsp3) is 0.697. The lowest BCUT2D eigenvalue weighted by atomic mass is 9.38. The largest absolute Gasteiger partial charge is 0.502 e. The zero-order chi connectivity index (χ0) is 32.2. The van der Waals surface area contributed by atoms with E-state index in [0.29, 0.717) is 41.1 Å². The first-order valence-corrected chi connectivity index (χ1v) is 16.0. The molecule has 0 radical (unpaired) electrons. The summed E-state index contributed by atoms with van der Waals surface area (Å²) < 4.78 is 18.0. The molecule has 3 fully saturated rings. The second kappa shape index (κ2) is 12.1. The minimum Gasteiger partial charge on any atom is -0.502 e. The van der Waals surface area contributed by atoms with Crippen molar-refractivity contribution in [2.75, 3.05) is 32.6 Å². The number of carbonyl (C=O) groups is 2. The van der Waals surface area contributed by atoms with Gasteiger partial charge in [-0.3, -0.25) is 5.32 Å². The molecule has 10 atom stereocenters. The fourth-order valence-corrected chi connectivity index (χ4v) is 9.93. The summed E-state index contributed by atoms with van der Waals surface area (Å²) in [5.41, 5.74) is -0.510. The highest BCUT2D eigenvalue weighted by Crippen LogP contribution is 2.69. The summed E-state index contributed by atoms with van der Waals surface area (Å²) in [5, 5.41) is 38.6. The van der Waals surface area contributed by atoms with E-state index in [2.05, 4.69) is 31.4 Å². The van der Waals surface area contributed by atoms with Crippen molar-refractivity contribution in [3.63, 3.8) is 0 Å². The van der Waals surface area contributed by atoms with Crippen LogP contribution in [0, 0.1) is 34.5 Å². The molecule has 1 heterocycles. The zero-order valence-electron chi connectivity index (χ0n) is 26.5. The average molecular weight is 635 g/mol. The Labute approximate surface area is 264 Å². The maximum absolute atomic E-state index is 13.7. The van der Waals surface area contributed by atoms with Gasteiger partial charge >= 0.3 is 11.9 Å². The van der Waals surface area contributed by atoms with E-state index in [1.165, 1.54) is 0 Å². The number of aliphatic hydroxyl groups is 3. The van der Waals surface area contributed by atoms with Crippen LogP contribution in [0.1, 0.15) is 70.2 Å². The van der Waals surface area contributed by atoms with Crippen LogP contribution >= 0.6 is 11.6 Å². The first-order valence-electron chi connectivity index (χ1n) is 15.7. The molecule has 0 amide bonds. The molecule has 244 valence electrons. The average Bonchev–Trinajstić information content (AvgIpc) is 3.26. The highest BCUT2D eigenvalue weighted by molar-refractivity contribution is 6.31. The van der Waals surface area contributed by atoms with E-state index in [-0.39, 0.29) is 59.5 Å². The van der Waals surface area contributed by atoms with Crippen molar-refractivity contribution in [3.05, 3.63) is 40.1 Å². The number of anilines is 1. The number of hydrogen-bond acceptors (Lipinski definition) is 10. The summed E-state index contributed by atoms with van der Waals surface area (Å²) in [7, 11) is 3.42. The molecule has 0 aromatic heterocycles. The molecule has 3 aliphatic carbocycles. The number of hydrogen-bond donors (Lipinski definition) is 5. The van der Waals surface area contributed by atoms with E-state index in [9.17, 15) is 24.9 Å². The van der Waals surface area contributed by atoms with E-state index in [1.807, 2.05) is 6.92 Å². The van der Waals surface area contributed by atoms with Crippen LogP contribution in [0.2, 0.25) is 5.02 Å². The van der Waals surface area contributed by atoms with Gasteiger partial charge in [-0.1, -0.05) is 32.4 Å². The number of carbonyl (C=O) groups excluding carboxylic acids is 2. The van der Waals surface area contributed by atoms with Gasteiger partial charge in [0.25, 0.3) is 0 Å². The monoisotopic (exact) mass is 634 g/mol. The van der Waals surface area contributed by atoms with Crippen LogP contribution in [0.5, 0.6) is 0 Å². The van der Waals surface area contributed by atoms with Gasteiger partial charge in [-0.2, -0.15) is 0 Å². The molecule has 0 spiro atoms. The van der Waals surface area contributed by atoms with E-state index < -0.39 is 29.9 Å². The Morgan fingerprint density at radius 3 is 2.52 bits per heavy atom. The van der Waals surface area contributed by atoms with Crippen molar-refractivity contribution < 1.29 is 39.1 Å². The molecule has 1 aliphatic heterocycles. The van der Waals surface area contributed by atoms with Crippen molar-refractivity contribution in [3.8, 4) is 0 Å². The summed E-state index contributed by atoms with van der Waals surface area (Å²) in [5.74, 6) is -2.14. The topological polar surface area (TPSA) is 147 Å². The molecule has 3 saturated carbocycles. The minimum atomic E-state index is -1.17. The van der Waals surface area contributed by atoms with Crippen LogP contribution < -0.4 is 10.6 Å². The van der Waals surface area contributed by atoms with Gasteiger partial charge in [-0.15, -0.1) is 0 Å². The molecule has 11 heteroatoms. The third kappa shape index (κ3) is 5.11. The predicted octanol–water partition coefficient (Wildman–Crippen LogP) is 4.44. The Balaban J connectivity index is 1.55. The molecule has 1 aromatic rings. The Hall–Kier alpha value is -2.37. The number of esters is 2. The summed E-state index contributed by atoms with van der Waals surface area (Å²) in [6.45, 7) is 8.48. The first-order chi connectivity index (χ1) is 20.8. The maximum Gasteiger partial charge on any atom is 0.375 e. The lowest BCUT2D eigenvalue weighted by molar-refractivity contribution is -0.240. The van der Waals surface area contributed by atoms with Gasteiger partial charge in [0, 0.05) is 42.9 Å². The smallest absolute Gasteiger partial charge is 0.375 e. The number of aliphatic hydroxyl groups excluding tert-OH is 3. The van der Waals surface area contributed by atoms with Crippen LogP contribution in [0.3, 0.4) is 0 Å². The van der Waals surface area contributed by atoms with Gasteiger partial charge < -0.3 is 34.8 Å². The van der Waals surface area contributed by atoms with Crippen LogP contribution in [0.15, 0.2) is 29.5 Å². The number of halogens is 1. The molecular weight excluding hydrogens is 588 g/mol. The van der Waals surface area contributed by atoms with E-state index in [0.717, 1.165) is 12.8 Å². The highest BCUT2D eigenvalue weighted by Gasteiger charge is 2.68. The number of rotatable bonds is 8. The number of cyclic esters (lactones) is 1. The molecule has 5 N–H and O–H groups in total. The third-order valence-corrected chi connectivity index (χ3v) is 12.0. The molecule has 0 saturated heterocycles. The number of ether oxygens (including phenoxy) is 3. The van der Waals surface area contributed by atoms with Crippen LogP contribution in [0.25, 0.3) is 0 Å². The Bertz CT molecular complexity index is 1320. The fourth-order valence-electron chi connectivity index (χ4n) is 9.76. The molecule has 2 unspecified atom stereocenters. The van der Waals surface area contributed by atoms with Gasteiger partial charge in [-0.25, -0.2) is 9.59 Å². The highest BCUT2D eigenvalue weighted by atomic mass is 35.5. The lowest BCUT2D eigenvalue weighted by Crippen LogP contribution is -2.67. The van der Waals surface area contributed by atoms with E-state index in [1.54, 1.807) is 32.4 Å². The van der Waals surface area contributed by atoms with Gasteiger partial charge in [0.2, 0.25) is 5.76 Å². The van der Waals surface area contributed by atoms with E-state index in [4.69, 9.17) is 25.8 Å². The first kappa shape index (κ1) is 33.0. The minimum absolute atomic E-state index is 0.0407.